The molecule has 7 aromatic rings. The SMILES string of the molecule is C=CC(C)N(/C(C)=C/C=C\C)c1ccccc1.CC1=Cc2ccc(/C=C/c3cc(-c4ccccc4)c(-c4ccccc4C)c(-c4ccccc4C)c3-c3ccccc3)cc2C1(C)C. The second-order valence-electron chi connectivity index (χ2n) is 17.1. The van der Waals surface area contributed by atoms with Crippen molar-refractivity contribution in [1.82, 2.24) is 0 Å². The Morgan fingerprint density at radius 1 is 0.603 bits per heavy atom. The Morgan fingerprint density at radius 2 is 1.16 bits per heavy atom. The van der Waals surface area contributed by atoms with Gasteiger partial charge in [0.2, 0.25) is 0 Å². The van der Waals surface area contributed by atoms with E-state index in [2.05, 4.69) is 248 Å². The van der Waals surface area contributed by atoms with Crippen LogP contribution >= 0.6 is 0 Å². The Balaban J connectivity index is 0.000000296. The average Bonchev–Trinajstić information content (AvgIpc) is 3.54. The smallest absolute Gasteiger partial charge is 0.0488 e. The van der Waals surface area contributed by atoms with E-state index in [-0.39, 0.29) is 11.5 Å². The summed E-state index contributed by atoms with van der Waals surface area (Å²) in [6, 6.07) is 59.4. The molecule has 63 heavy (non-hydrogen) atoms. The standard InChI is InChI=1S/C46H40.C16H21N/c1-31-16-12-14-22-39(31)44-41(35-18-8-6-9-19-35)30-38(27-25-34-24-26-37-28-33(3)46(4,5)42(37)29-34)43(36-20-10-7-11-21-36)45(44)40-23-15-13-17-32(40)2;1-5-7-11-15(4)17(14(3)6-2)16-12-9-8-10-13-16/h6-30H,1-5H3;5-14H,2H2,1,3-4H3/b27-25+;7-5-,15-11+. The van der Waals surface area contributed by atoms with Gasteiger partial charge in [0.05, 0.1) is 0 Å². The molecule has 1 unspecified atom stereocenters. The second kappa shape index (κ2) is 19.8. The van der Waals surface area contributed by atoms with Gasteiger partial charge in [0, 0.05) is 22.8 Å². The highest BCUT2D eigenvalue weighted by Gasteiger charge is 2.30. The molecule has 0 amide bonds. The van der Waals surface area contributed by atoms with E-state index >= 15 is 0 Å². The van der Waals surface area contributed by atoms with Gasteiger partial charge in [0.25, 0.3) is 0 Å². The molecular weight excluding hydrogens is 759 g/mol. The lowest BCUT2D eigenvalue weighted by Crippen LogP contribution is -2.29. The lowest BCUT2D eigenvalue weighted by atomic mass is 9.78. The molecule has 1 atom stereocenters. The third-order valence-electron chi connectivity index (χ3n) is 12.6. The third kappa shape index (κ3) is 9.59. The molecule has 1 aliphatic rings. The molecule has 0 saturated heterocycles. The van der Waals surface area contributed by atoms with Crippen LogP contribution in [0.25, 0.3) is 62.7 Å². The summed E-state index contributed by atoms with van der Waals surface area (Å²) in [5.41, 5.74) is 21.5. The molecule has 8 rings (SSSR count). The minimum Gasteiger partial charge on any atom is -0.339 e. The molecule has 7 aromatic carbocycles. The molecule has 0 N–H and O–H groups in total. The maximum absolute atomic E-state index is 3.88. The first-order valence-corrected chi connectivity index (χ1v) is 22.2. The quantitative estimate of drug-likeness (QED) is 0.0714. The van der Waals surface area contributed by atoms with Crippen molar-refractivity contribution in [2.45, 2.75) is 66.8 Å². The van der Waals surface area contributed by atoms with Crippen molar-refractivity contribution in [3.63, 3.8) is 0 Å². The van der Waals surface area contributed by atoms with Crippen LogP contribution in [0.1, 0.15) is 74.9 Å². The van der Waals surface area contributed by atoms with Crippen molar-refractivity contribution in [3.05, 3.63) is 239 Å². The molecule has 0 bridgehead atoms. The van der Waals surface area contributed by atoms with Gasteiger partial charge in [-0.25, -0.2) is 0 Å². The number of aryl methyl sites for hydroxylation is 2. The highest BCUT2D eigenvalue weighted by atomic mass is 15.2. The largest absolute Gasteiger partial charge is 0.339 e. The van der Waals surface area contributed by atoms with Crippen LogP contribution in [0, 0.1) is 13.8 Å². The normalized spacial score (nSPS) is 13.6. The fourth-order valence-corrected chi connectivity index (χ4v) is 8.78. The predicted octanol–water partition coefficient (Wildman–Crippen LogP) is 17.4. The maximum Gasteiger partial charge on any atom is 0.0488 e. The van der Waals surface area contributed by atoms with Crippen LogP contribution in [-0.2, 0) is 5.41 Å². The third-order valence-corrected chi connectivity index (χ3v) is 12.6. The Hall–Kier alpha value is -6.96. The number of benzene rings is 7. The van der Waals surface area contributed by atoms with E-state index in [1.807, 2.05) is 25.1 Å². The first-order valence-electron chi connectivity index (χ1n) is 22.2. The first kappa shape index (κ1) is 44.1. The molecule has 0 saturated carbocycles. The zero-order valence-corrected chi connectivity index (χ0v) is 38.4. The Kier molecular flexibility index (Phi) is 13.9. The van der Waals surface area contributed by atoms with Gasteiger partial charge in [-0.3, -0.25) is 0 Å². The van der Waals surface area contributed by atoms with Crippen LogP contribution in [0.4, 0.5) is 5.69 Å². The lowest BCUT2D eigenvalue weighted by molar-refractivity contribution is 0.639. The average molecular weight is 820 g/mol. The Labute approximate surface area is 377 Å². The molecule has 0 aromatic heterocycles. The topological polar surface area (TPSA) is 3.24 Å². The Morgan fingerprint density at radius 3 is 1.75 bits per heavy atom. The van der Waals surface area contributed by atoms with E-state index < -0.39 is 0 Å². The summed E-state index contributed by atoms with van der Waals surface area (Å²) < 4.78 is 0. The van der Waals surface area contributed by atoms with Crippen LogP contribution in [-0.4, -0.2) is 6.04 Å². The number of rotatable bonds is 11. The molecule has 0 radical (unpaired) electrons. The molecule has 1 nitrogen and oxygen atoms in total. The zero-order valence-electron chi connectivity index (χ0n) is 38.4. The monoisotopic (exact) mass is 819 g/mol. The summed E-state index contributed by atoms with van der Waals surface area (Å²) >= 11 is 0. The molecule has 1 heteroatoms. The van der Waals surface area contributed by atoms with Crippen molar-refractivity contribution in [3.8, 4) is 44.5 Å². The molecule has 1 aliphatic carbocycles. The van der Waals surface area contributed by atoms with Gasteiger partial charge in [0.1, 0.15) is 0 Å². The van der Waals surface area contributed by atoms with Crippen LogP contribution in [0.2, 0.25) is 0 Å². The second-order valence-corrected chi connectivity index (χ2v) is 17.1. The number of para-hydroxylation sites is 1. The van der Waals surface area contributed by atoms with Gasteiger partial charge in [-0.1, -0.05) is 201 Å². The van der Waals surface area contributed by atoms with Gasteiger partial charge >= 0.3 is 0 Å². The van der Waals surface area contributed by atoms with Crippen molar-refractivity contribution in [2.75, 3.05) is 4.90 Å². The molecule has 0 spiro atoms. The summed E-state index contributed by atoms with van der Waals surface area (Å²) in [6.07, 6.45) is 15.1. The zero-order chi connectivity index (χ0) is 44.5. The van der Waals surface area contributed by atoms with E-state index in [4.69, 9.17) is 0 Å². The number of anilines is 1. The van der Waals surface area contributed by atoms with Crippen molar-refractivity contribution < 1.29 is 0 Å². The summed E-state index contributed by atoms with van der Waals surface area (Å²) in [6.45, 7) is 21.5. The number of fused-ring (bicyclic) bond motifs is 1. The summed E-state index contributed by atoms with van der Waals surface area (Å²) in [4.78, 5) is 2.27. The molecular formula is C62H61N. The molecule has 0 aliphatic heterocycles. The van der Waals surface area contributed by atoms with Crippen LogP contribution < -0.4 is 4.90 Å². The fraction of sp³-hybridized carbons (Fsp3) is 0.161. The first-order chi connectivity index (χ1) is 30.5. The molecule has 0 heterocycles. The summed E-state index contributed by atoms with van der Waals surface area (Å²) in [5, 5.41) is 0. The van der Waals surface area contributed by atoms with E-state index in [0.717, 1.165) is 0 Å². The number of hydrogen-bond acceptors (Lipinski definition) is 1. The number of hydrogen-bond donors (Lipinski definition) is 0. The fourth-order valence-electron chi connectivity index (χ4n) is 8.78. The van der Waals surface area contributed by atoms with Gasteiger partial charge < -0.3 is 4.90 Å². The maximum atomic E-state index is 3.88. The van der Waals surface area contributed by atoms with Gasteiger partial charge in [-0.2, -0.15) is 0 Å². The van der Waals surface area contributed by atoms with E-state index in [1.165, 1.54) is 94.8 Å². The molecule has 0 fully saturated rings. The van der Waals surface area contributed by atoms with Gasteiger partial charge in [-0.05, 0) is 144 Å². The summed E-state index contributed by atoms with van der Waals surface area (Å²) in [5.74, 6) is 0. The van der Waals surface area contributed by atoms with Crippen LogP contribution in [0.3, 0.4) is 0 Å². The highest BCUT2D eigenvalue weighted by molar-refractivity contribution is 6.06. The highest BCUT2D eigenvalue weighted by Crippen LogP contribution is 2.49. The lowest BCUT2D eigenvalue weighted by Gasteiger charge is -2.30. The number of nitrogens with zero attached hydrogens (tertiary/aromatic N) is 1. The summed E-state index contributed by atoms with van der Waals surface area (Å²) in [7, 11) is 0. The van der Waals surface area contributed by atoms with Crippen molar-refractivity contribution >= 4 is 23.9 Å². The van der Waals surface area contributed by atoms with E-state index in [9.17, 15) is 0 Å². The van der Waals surface area contributed by atoms with Crippen LogP contribution in [0.15, 0.2) is 206 Å². The van der Waals surface area contributed by atoms with E-state index in [1.54, 1.807) is 0 Å². The minimum atomic E-state index is 0.0437. The van der Waals surface area contributed by atoms with Crippen LogP contribution in [0.5, 0.6) is 0 Å². The van der Waals surface area contributed by atoms with Gasteiger partial charge in [-0.15, -0.1) is 6.58 Å². The van der Waals surface area contributed by atoms with Crippen molar-refractivity contribution in [1.29, 1.82) is 0 Å². The number of allylic oxidation sites excluding steroid dienone is 5. The van der Waals surface area contributed by atoms with Gasteiger partial charge in [0.15, 0.2) is 0 Å². The van der Waals surface area contributed by atoms with E-state index in [0.29, 0.717) is 0 Å². The molecule has 314 valence electrons. The Bertz CT molecular complexity index is 2810. The van der Waals surface area contributed by atoms with Crippen molar-refractivity contribution in [2.24, 2.45) is 0 Å². The predicted molar refractivity (Wildman–Crippen MR) is 277 cm³/mol. The minimum absolute atomic E-state index is 0.0437.